The molecule has 0 atom stereocenters. The summed E-state index contributed by atoms with van der Waals surface area (Å²) >= 11 is 0. The number of carbonyl (C=O) groups is 1. The minimum Gasteiger partial charge on any atom is -0.319 e. The quantitative estimate of drug-likeness (QED) is 0.493. The Bertz CT molecular complexity index is 1270. The zero-order valence-corrected chi connectivity index (χ0v) is 18.7. The Hall–Kier alpha value is -3.54. The van der Waals surface area contributed by atoms with Crippen LogP contribution in [-0.4, -0.2) is 25.7 Å². The van der Waals surface area contributed by atoms with Crippen LogP contribution in [0.15, 0.2) is 42.5 Å². The molecule has 0 aliphatic rings. The smallest absolute Gasteiger partial charge is 0.255 e. The molecule has 1 amide bonds. The number of aromatic nitrogens is 4. The van der Waals surface area contributed by atoms with Gasteiger partial charge in [0.1, 0.15) is 0 Å². The number of carbonyl (C=O) groups excluding carboxylic acids is 1. The van der Waals surface area contributed by atoms with Crippen molar-refractivity contribution in [3.63, 3.8) is 0 Å². The van der Waals surface area contributed by atoms with Gasteiger partial charge in [-0.25, -0.2) is 14.6 Å². The highest BCUT2D eigenvalue weighted by Gasteiger charge is 2.17. The van der Waals surface area contributed by atoms with Gasteiger partial charge in [0.05, 0.1) is 45.2 Å². The van der Waals surface area contributed by atoms with Crippen molar-refractivity contribution in [1.29, 1.82) is 0 Å². The zero-order chi connectivity index (χ0) is 22.1. The molecule has 0 aliphatic carbocycles. The van der Waals surface area contributed by atoms with Gasteiger partial charge >= 0.3 is 0 Å². The maximum atomic E-state index is 13.0. The molecule has 6 heteroatoms. The number of aryl methyl sites for hydroxylation is 4. The monoisotopic (exact) mass is 413 g/mol. The van der Waals surface area contributed by atoms with Crippen LogP contribution < -0.4 is 5.32 Å². The summed E-state index contributed by atoms with van der Waals surface area (Å²) in [6, 6.07) is 13.6. The van der Waals surface area contributed by atoms with E-state index in [0.717, 1.165) is 58.0 Å². The fraction of sp³-hybridized carbons (Fsp3) is 0.280. The van der Waals surface area contributed by atoms with Crippen LogP contribution in [0.3, 0.4) is 0 Å². The fourth-order valence-corrected chi connectivity index (χ4v) is 3.78. The maximum absolute atomic E-state index is 13.0. The van der Waals surface area contributed by atoms with Gasteiger partial charge in [-0.05, 0) is 63.9 Å². The highest BCUT2D eigenvalue weighted by Crippen LogP contribution is 2.24. The molecule has 2 aromatic heterocycles. The summed E-state index contributed by atoms with van der Waals surface area (Å²) in [7, 11) is 0. The van der Waals surface area contributed by atoms with Gasteiger partial charge in [-0.15, -0.1) is 0 Å². The summed E-state index contributed by atoms with van der Waals surface area (Å²) in [5.41, 5.74) is 8.64. The van der Waals surface area contributed by atoms with E-state index in [0.29, 0.717) is 5.56 Å². The zero-order valence-electron chi connectivity index (χ0n) is 18.7. The third-order valence-corrected chi connectivity index (χ3v) is 5.56. The molecular formula is C25H27N5O. The van der Waals surface area contributed by atoms with Crippen LogP contribution in [0.5, 0.6) is 0 Å². The number of fused-ring (bicyclic) bond motifs is 1. The lowest BCUT2D eigenvalue weighted by Crippen LogP contribution is -2.13. The number of hydrogen-bond donors (Lipinski definition) is 1. The van der Waals surface area contributed by atoms with E-state index in [4.69, 9.17) is 9.97 Å². The molecule has 0 saturated heterocycles. The van der Waals surface area contributed by atoms with E-state index in [9.17, 15) is 4.79 Å². The average Bonchev–Trinajstić information content (AvgIpc) is 3.06. The van der Waals surface area contributed by atoms with Crippen LogP contribution >= 0.6 is 0 Å². The first-order chi connectivity index (χ1) is 14.9. The summed E-state index contributed by atoms with van der Waals surface area (Å²) in [6.07, 6.45) is 1.66. The Morgan fingerprint density at radius 2 is 1.55 bits per heavy atom. The summed E-state index contributed by atoms with van der Waals surface area (Å²) in [6.45, 7) is 10.1. The molecule has 0 bridgehead atoms. The molecule has 4 aromatic rings. The number of rotatable bonds is 5. The topological polar surface area (TPSA) is 72.7 Å². The molecule has 1 N–H and O–H groups in total. The first-order valence-electron chi connectivity index (χ1n) is 10.7. The van der Waals surface area contributed by atoms with Gasteiger partial charge in [-0.2, -0.15) is 5.10 Å². The van der Waals surface area contributed by atoms with Crippen molar-refractivity contribution in [3.05, 3.63) is 76.4 Å². The van der Waals surface area contributed by atoms with E-state index in [1.807, 2.05) is 42.8 Å². The van der Waals surface area contributed by atoms with Crippen LogP contribution in [0, 0.1) is 20.8 Å². The summed E-state index contributed by atoms with van der Waals surface area (Å²) < 4.78 is 1.86. The molecule has 6 nitrogen and oxygen atoms in total. The van der Waals surface area contributed by atoms with Crippen molar-refractivity contribution in [1.82, 2.24) is 19.7 Å². The summed E-state index contributed by atoms with van der Waals surface area (Å²) in [5, 5.41) is 7.67. The van der Waals surface area contributed by atoms with Crippen molar-refractivity contribution >= 4 is 22.6 Å². The second kappa shape index (κ2) is 8.30. The number of nitrogens with one attached hydrogen (secondary N) is 1. The minimum atomic E-state index is -0.184. The standard InChI is InChI=1S/C25H27N5O/c1-6-20-21(7-2)27-23-14-18(10-13-22(23)26-20)25(31)28-24-16(4)29-30(17(24)5)19-11-8-15(3)9-12-19/h8-14H,6-7H2,1-5H3,(H,28,31). The lowest BCUT2D eigenvalue weighted by atomic mass is 10.1. The number of nitrogens with zero attached hydrogens (tertiary/aromatic N) is 4. The Morgan fingerprint density at radius 3 is 2.19 bits per heavy atom. The van der Waals surface area contributed by atoms with Crippen LogP contribution in [0.2, 0.25) is 0 Å². The van der Waals surface area contributed by atoms with Gasteiger partial charge in [0.25, 0.3) is 5.91 Å². The highest BCUT2D eigenvalue weighted by atomic mass is 16.1. The van der Waals surface area contributed by atoms with E-state index in [1.165, 1.54) is 5.56 Å². The SMILES string of the molecule is CCc1nc2ccc(C(=O)Nc3c(C)nn(-c4ccc(C)cc4)c3C)cc2nc1CC. The first kappa shape index (κ1) is 20.7. The number of amides is 1. The molecule has 0 saturated carbocycles. The molecular weight excluding hydrogens is 386 g/mol. The van der Waals surface area contributed by atoms with E-state index in [1.54, 1.807) is 6.07 Å². The van der Waals surface area contributed by atoms with Crippen molar-refractivity contribution < 1.29 is 4.79 Å². The van der Waals surface area contributed by atoms with Gasteiger partial charge in [0.15, 0.2) is 0 Å². The van der Waals surface area contributed by atoms with Crippen molar-refractivity contribution in [2.75, 3.05) is 5.32 Å². The Balaban J connectivity index is 1.65. The number of anilines is 1. The number of benzene rings is 2. The molecule has 2 aromatic carbocycles. The van der Waals surface area contributed by atoms with Crippen LogP contribution in [0.1, 0.15) is 52.5 Å². The Morgan fingerprint density at radius 1 is 0.903 bits per heavy atom. The van der Waals surface area contributed by atoms with E-state index < -0.39 is 0 Å². The van der Waals surface area contributed by atoms with Gasteiger partial charge < -0.3 is 5.32 Å². The largest absolute Gasteiger partial charge is 0.319 e. The third kappa shape index (κ3) is 3.93. The normalized spacial score (nSPS) is 11.1. The molecule has 2 heterocycles. The van der Waals surface area contributed by atoms with Crippen LogP contribution in [0.25, 0.3) is 16.7 Å². The lowest BCUT2D eigenvalue weighted by Gasteiger charge is -2.09. The molecule has 158 valence electrons. The van der Waals surface area contributed by atoms with Gasteiger partial charge in [0, 0.05) is 5.56 Å². The van der Waals surface area contributed by atoms with Gasteiger partial charge in [-0.3, -0.25) is 4.79 Å². The maximum Gasteiger partial charge on any atom is 0.255 e. The van der Waals surface area contributed by atoms with E-state index in [-0.39, 0.29) is 5.91 Å². The highest BCUT2D eigenvalue weighted by molar-refractivity contribution is 6.06. The molecule has 31 heavy (non-hydrogen) atoms. The predicted molar refractivity (Wildman–Crippen MR) is 124 cm³/mol. The number of hydrogen-bond acceptors (Lipinski definition) is 4. The minimum absolute atomic E-state index is 0.184. The molecule has 0 spiro atoms. The van der Waals surface area contributed by atoms with Gasteiger partial charge in [0.2, 0.25) is 0 Å². The molecule has 0 radical (unpaired) electrons. The van der Waals surface area contributed by atoms with Crippen molar-refractivity contribution in [3.8, 4) is 5.69 Å². The van der Waals surface area contributed by atoms with E-state index in [2.05, 4.69) is 43.3 Å². The molecule has 0 aliphatic heterocycles. The Labute approximate surface area is 182 Å². The van der Waals surface area contributed by atoms with Crippen molar-refractivity contribution in [2.45, 2.75) is 47.5 Å². The molecule has 0 fully saturated rings. The predicted octanol–water partition coefficient (Wildman–Crippen LogP) is 5.12. The second-order valence-corrected chi connectivity index (χ2v) is 7.77. The van der Waals surface area contributed by atoms with Crippen LogP contribution in [-0.2, 0) is 12.8 Å². The molecule has 0 unspecified atom stereocenters. The van der Waals surface area contributed by atoms with Crippen LogP contribution in [0.4, 0.5) is 5.69 Å². The lowest BCUT2D eigenvalue weighted by molar-refractivity contribution is 0.102. The van der Waals surface area contributed by atoms with E-state index >= 15 is 0 Å². The van der Waals surface area contributed by atoms with Crippen molar-refractivity contribution in [2.24, 2.45) is 0 Å². The summed E-state index contributed by atoms with van der Waals surface area (Å²) in [5.74, 6) is -0.184. The van der Waals surface area contributed by atoms with Gasteiger partial charge in [-0.1, -0.05) is 31.5 Å². The Kier molecular flexibility index (Phi) is 5.55. The average molecular weight is 414 g/mol. The second-order valence-electron chi connectivity index (χ2n) is 7.77. The summed E-state index contributed by atoms with van der Waals surface area (Å²) in [4.78, 5) is 22.5. The molecule has 4 rings (SSSR count). The first-order valence-corrected chi connectivity index (χ1v) is 10.7. The fourth-order valence-electron chi connectivity index (χ4n) is 3.78. The third-order valence-electron chi connectivity index (χ3n) is 5.56.